The number of hydrogen-bond donors (Lipinski definition) is 0. The van der Waals surface area contributed by atoms with Gasteiger partial charge in [0.15, 0.2) is 0 Å². The molecule has 2 aromatic carbocycles. The standard InChI is InChI=1S/C20H22Cl3N3O3S/c1-14-3-4-15(21)11-18(14)24-7-9-25(10-8-24)20(27)13-26(30(2,28)29)19-12-16(22)5-6-17(19)23/h3-6,11-12H,7-10,13H2,1-2H3. The van der Waals surface area contributed by atoms with Crippen molar-refractivity contribution >= 4 is 62.1 Å². The molecule has 1 saturated heterocycles. The number of amides is 1. The van der Waals surface area contributed by atoms with Gasteiger partial charge in [-0.15, -0.1) is 0 Å². The molecule has 2 aromatic rings. The normalized spacial score (nSPS) is 14.7. The molecule has 0 N–H and O–H groups in total. The Kier molecular flexibility index (Phi) is 7.07. The van der Waals surface area contributed by atoms with Crippen molar-refractivity contribution in [3.8, 4) is 0 Å². The quantitative estimate of drug-likeness (QED) is 0.634. The highest BCUT2D eigenvalue weighted by Gasteiger charge is 2.28. The Balaban J connectivity index is 1.72. The van der Waals surface area contributed by atoms with Gasteiger partial charge in [0.05, 0.1) is 17.0 Å². The monoisotopic (exact) mass is 489 g/mol. The number of sulfonamides is 1. The second-order valence-corrected chi connectivity index (χ2v) is 10.4. The lowest BCUT2D eigenvalue weighted by molar-refractivity contribution is -0.129. The van der Waals surface area contributed by atoms with E-state index in [2.05, 4.69) is 4.90 Å². The van der Waals surface area contributed by atoms with Gasteiger partial charge >= 0.3 is 0 Å². The first kappa shape index (κ1) is 23.0. The van der Waals surface area contributed by atoms with Crippen LogP contribution in [-0.2, 0) is 14.8 Å². The molecule has 0 spiro atoms. The van der Waals surface area contributed by atoms with E-state index in [1.807, 2.05) is 25.1 Å². The molecule has 0 aromatic heterocycles. The molecule has 0 atom stereocenters. The maximum Gasteiger partial charge on any atom is 0.243 e. The number of carbonyl (C=O) groups excluding carboxylic acids is 1. The topological polar surface area (TPSA) is 60.9 Å². The van der Waals surface area contributed by atoms with Gasteiger partial charge in [0.1, 0.15) is 6.54 Å². The van der Waals surface area contributed by atoms with E-state index in [1.165, 1.54) is 12.1 Å². The van der Waals surface area contributed by atoms with Gasteiger partial charge in [0, 0.05) is 41.9 Å². The van der Waals surface area contributed by atoms with Crippen LogP contribution in [0.2, 0.25) is 15.1 Å². The van der Waals surface area contributed by atoms with Gasteiger partial charge in [-0.3, -0.25) is 9.10 Å². The van der Waals surface area contributed by atoms with Crippen LogP contribution in [0.4, 0.5) is 11.4 Å². The lowest BCUT2D eigenvalue weighted by Gasteiger charge is -2.37. The number of halogens is 3. The largest absolute Gasteiger partial charge is 0.368 e. The van der Waals surface area contributed by atoms with Crippen molar-refractivity contribution in [3.63, 3.8) is 0 Å². The summed E-state index contributed by atoms with van der Waals surface area (Å²) in [7, 11) is -3.74. The minimum atomic E-state index is -3.74. The summed E-state index contributed by atoms with van der Waals surface area (Å²) in [5, 5.41) is 1.20. The van der Waals surface area contributed by atoms with Crippen molar-refractivity contribution in [2.24, 2.45) is 0 Å². The van der Waals surface area contributed by atoms with Crippen LogP contribution in [-0.4, -0.2) is 58.2 Å². The predicted octanol–water partition coefficient (Wildman–Crippen LogP) is 4.07. The molecule has 0 radical (unpaired) electrons. The van der Waals surface area contributed by atoms with Crippen LogP contribution >= 0.6 is 34.8 Å². The molecular weight excluding hydrogens is 469 g/mol. The lowest BCUT2D eigenvalue weighted by Crippen LogP contribution is -2.52. The molecule has 162 valence electrons. The molecule has 0 bridgehead atoms. The Bertz CT molecular complexity index is 1050. The van der Waals surface area contributed by atoms with E-state index in [1.54, 1.807) is 11.0 Å². The molecule has 0 aliphatic carbocycles. The Morgan fingerprint density at radius 1 is 1.00 bits per heavy atom. The number of hydrogen-bond acceptors (Lipinski definition) is 4. The lowest BCUT2D eigenvalue weighted by atomic mass is 10.1. The molecule has 1 aliphatic heterocycles. The minimum absolute atomic E-state index is 0.188. The van der Waals surface area contributed by atoms with Gasteiger partial charge in [-0.05, 0) is 42.8 Å². The van der Waals surface area contributed by atoms with Crippen LogP contribution in [0, 0.1) is 6.92 Å². The van der Waals surface area contributed by atoms with Gasteiger partial charge < -0.3 is 9.80 Å². The molecule has 1 fully saturated rings. The highest BCUT2D eigenvalue weighted by atomic mass is 35.5. The fourth-order valence-electron chi connectivity index (χ4n) is 3.40. The fraction of sp³-hybridized carbons (Fsp3) is 0.350. The van der Waals surface area contributed by atoms with E-state index in [0.29, 0.717) is 36.2 Å². The summed E-state index contributed by atoms with van der Waals surface area (Å²) in [6.07, 6.45) is 1.04. The van der Waals surface area contributed by atoms with E-state index in [0.717, 1.165) is 21.8 Å². The maximum atomic E-state index is 12.9. The highest BCUT2D eigenvalue weighted by Crippen LogP contribution is 2.31. The number of benzene rings is 2. The van der Waals surface area contributed by atoms with Crippen LogP contribution in [0.15, 0.2) is 36.4 Å². The summed E-state index contributed by atoms with van der Waals surface area (Å²) in [4.78, 5) is 16.7. The van der Waals surface area contributed by atoms with Crippen molar-refractivity contribution < 1.29 is 13.2 Å². The van der Waals surface area contributed by atoms with Crippen LogP contribution in [0.1, 0.15) is 5.56 Å². The van der Waals surface area contributed by atoms with Crippen LogP contribution in [0.5, 0.6) is 0 Å². The van der Waals surface area contributed by atoms with Crippen LogP contribution < -0.4 is 9.21 Å². The van der Waals surface area contributed by atoms with Crippen molar-refractivity contribution in [2.45, 2.75) is 6.92 Å². The second kappa shape index (κ2) is 9.22. The first-order valence-electron chi connectivity index (χ1n) is 9.28. The fourth-order valence-corrected chi connectivity index (χ4v) is 4.86. The minimum Gasteiger partial charge on any atom is -0.368 e. The highest BCUT2D eigenvalue weighted by molar-refractivity contribution is 7.92. The molecule has 0 unspecified atom stereocenters. The molecule has 1 amide bonds. The molecular formula is C20H22Cl3N3O3S. The number of nitrogens with zero attached hydrogens (tertiary/aromatic N) is 3. The third kappa shape index (κ3) is 5.32. The van der Waals surface area contributed by atoms with Gasteiger partial charge in [-0.1, -0.05) is 40.9 Å². The first-order valence-corrected chi connectivity index (χ1v) is 12.3. The van der Waals surface area contributed by atoms with E-state index < -0.39 is 10.0 Å². The summed E-state index contributed by atoms with van der Waals surface area (Å²) in [6, 6.07) is 10.2. The van der Waals surface area contributed by atoms with Gasteiger partial charge in [0.2, 0.25) is 15.9 Å². The summed E-state index contributed by atoms with van der Waals surface area (Å²) in [6.45, 7) is 3.89. The molecule has 10 heteroatoms. The Labute approximate surface area is 192 Å². The van der Waals surface area contributed by atoms with Gasteiger partial charge in [-0.2, -0.15) is 0 Å². The molecule has 0 saturated carbocycles. The summed E-state index contributed by atoms with van der Waals surface area (Å²) in [5.41, 5.74) is 2.34. The number of aryl methyl sites for hydroxylation is 1. The Morgan fingerprint density at radius 3 is 2.23 bits per heavy atom. The zero-order valence-electron chi connectivity index (χ0n) is 16.6. The summed E-state index contributed by atoms with van der Waals surface area (Å²) < 4.78 is 25.7. The van der Waals surface area contributed by atoms with Crippen molar-refractivity contribution in [1.82, 2.24) is 4.90 Å². The smallest absolute Gasteiger partial charge is 0.243 e. The molecule has 1 aliphatic rings. The number of rotatable bonds is 5. The van der Waals surface area contributed by atoms with Crippen molar-refractivity contribution in [3.05, 3.63) is 57.0 Å². The molecule has 3 rings (SSSR count). The summed E-state index contributed by atoms with van der Waals surface area (Å²) >= 11 is 18.3. The zero-order chi connectivity index (χ0) is 22.1. The third-order valence-electron chi connectivity index (χ3n) is 5.00. The average Bonchev–Trinajstić information content (AvgIpc) is 2.69. The van der Waals surface area contributed by atoms with Crippen molar-refractivity contribution in [1.29, 1.82) is 0 Å². The zero-order valence-corrected chi connectivity index (χ0v) is 19.7. The SMILES string of the molecule is Cc1ccc(Cl)cc1N1CCN(C(=O)CN(c2cc(Cl)ccc2Cl)S(C)(=O)=O)CC1. The van der Waals surface area contributed by atoms with E-state index in [-0.39, 0.29) is 23.2 Å². The molecule has 30 heavy (non-hydrogen) atoms. The van der Waals surface area contributed by atoms with Gasteiger partial charge in [0.25, 0.3) is 0 Å². The number of anilines is 2. The van der Waals surface area contributed by atoms with Crippen molar-refractivity contribution in [2.75, 3.05) is 48.2 Å². The third-order valence-corrected chi connectivity index (χ3v) is 6.92. The number of piperazine rings is 1. The average molecular weight is 491 g/mol. The summed E-state index contributed by atoms with van der Waals surface area (Å²) in [5.74, 6) is -0.293. The van der Waals surface area contributed by atoms with E-state index >= 15 is 0 Å². The van der Waals surface area contributed by atoms with Crippen LogP contribution in [0.25, 0.3) is 0 Å². The second-order valence-electron chi connectivity index (χ2n) is 7.16. The van der Waals surface area contributed by atoms with Gasteiger partial charge in [-0.25, -0.2) is 8.42 Å². The molecule has 6 nitrogen and oxygen atoms in total. The number of carbonyl (C=O) groups is 1. The maximum absolute atomic E-state index is 12.9. The predicted molar refractivity (Wildman–Crippen MR) is 124 cm³/mol. The van der Waals surface area contributed by atoms with Crippen LogP contribution in [0.3, 0.4) is 0 Å². The Hall–Kier alpha value is -1.67. The van der Waals surface area contributed by atoms with E-state index in [9.17, 15) is 13.2 Å². The van der Waals surface area contributed by atoms with E-state index in [4.69, 9.17) is 34.8 Å². The molecule has 1 heterocycles. The Morgan fingerprint density at radius 2 is 1.60 bits per heavy atom. The first-order chi connectivity index (χ1) is 14.1.